The number of thioether (sulfide) groups is 1. The second-order valence-corrected chi connectivity index (χ2v) is 12.3. The van der Waals surface area contributed by atoms with Crippen molar-refractivity contribution in [2.24, 2.45) is 0 Å². The number of hydrogen-bond acceptors (Lipinski definition) is 5. The molecule has 0 bridgehead atoms. The maximum Gasteiger partial charge on any atom is 0.272 e. The summed E-state index contributed by atoms with van der Waals surface area (Å²) in [6, 6.07) is 32.2. The number of amides is 3. The minimum atomic E-state index is -0.530. The van der Waals surface area contributed by atoms with Crippen molar-refractivity contribution in [3.63, 3.8) is 0 Å². The third kappa shape index (κ3) is 8.98. The van der Waals surface area contributed by atoms with Gasteiger partial charge in [-0.3, -0.25) is 14.4 Å². The molecule has 0 saturated carbocycles. The van der Waals surface area contributed by atoms with E-state index >= 15 is 0 Å². The second-order valence-electron chi connectivity index (χ2n) is 9.86. The number of benzene rings is 4. The number of aryl methyl sites for hydroxylation is 1. The van der Waals surface area contributed by atoms with Crippen molar-refractivity contribution < 1.29 is 18.8 Å². The zero-order valence-electron chi connectivity index (χ0n) is 24.0. The van der Waals surface area contributed by atoms with Gasteiger partial charge in [0, 0.05) is 43.0 Å². The fourth-order valence-corrected chi connectivity index (χ4v) is 5.32. The normalized spacial score (nSPS) is 11.1. The molecule has 3 N–H and O–H groups in total. The Morgan fingerprint density at radius 3 is 2.33 bits per heavy atom. The smallest absolute Gasteiger partial charge is 0.272 e. The highest BCUT2D eigenvalue weighted by Gasteiger charge is 2.17. The SMILES string of the molecule is Cc1ccc(Cl)cc1NC(=O)CSc1ccc(NC(=O)/C(=C/c2ccc(-c3ccc(Br)cc3)o2)NC(=O)c2ccccc2)cc1. The number of carbonyl (C=O) groups excluding carboxylic acids is 3. The molecule has 4 aromatic carbocycles. The molecule has 3 amide bonds. The summed E-state index contributed by atoms with van der Waals surface area (Å²) < 4.78 is 6.92. The number of hydrogen-bond donors (Lipinski definition) is 3. The van der Waals surface area contributed by atoms with E-state index in [4.69, 9.17) is 16.0 Å². The van der Waals surface area contributed by atoms with Gasteiger partial charge in [0.15, 0.2) is 0 Å². The zero-order chi connectivity index (χ0) is 31.8. The third-order valence-electron chi connectivity index (χ3n) is 6.53. The van der Waals surface area contributed by atoms with E-state index in [0.717, 1.165) is 20.5 Å². The molecular formula is C35H27BrClN3O4S. The van der Waals surface area contributed by atoms with Gasteiger partial charge in [0.1, 0.15) is 17.2 Å². The Kier molecular flexibility index (Phi) is 10.6. The van der Waals surface area contributed by atoms with Crippen LogP contribution in [0.25, 0.3) is 17.4 Å². The molecule has 0 atom stereocenters. The molecule has 0 radical (unpaired) electrons. The molecule has 5 aromatic rings. The molecule has 0 fully saturated rings. The van der Waals surface area contributed by atoms with Crippen molar-refractivity contribution in [1.29, 1.82) is 0 Å². The molecule has 0 unspecified atom stereocenters. The van der Waals surface area contributed by atoms with Crippen LogP contribution in [0.15, 0.2) is 129 Å². The molecule has 1 aromatic heterocycles. The van der Waals surface area contributed by atoms with Crippen LogP contribution in [0.5, 0.6) is 0 Å². The Bertz CT molecular complexity index is 1860. The number of nitrogens with one attached hydrogen (secondary N) is 3. The quantitative estimate of drug-likeness (QED) is 0.0999. The average Bonchev–Trinajstić information content (AvgIpc) is 3.51. The van der Waals surface area contributed by atoms with Crippen LogP contribution in [-0.4, -0.2) is 23.5 Å². The Morgan fingerprint density at radius 2 is 1.60 bits per heavy atom. The maximum atomic E-state index is 13.4. The lowest BCUT2D eigenvalue weighted by molar-refractivity contribution is -0.114. The number of furan rings is 1. The Labute approximate surface area is 278 Å². The first-order valence-electron chi connectivity index (χ1n) is 13.8. The number of anilines is 2. The van der Waals surface area contributed by atoms with Crippen LogP contribution in [0, 0.1) is 6.92 Å². The summed E-state index contributed by atoms with van der Waals surface area (Å²) in [6.07, 6.45) is 1.49. The van der Waals surface area contributed by atoms with Gasteiger partial charge < -0.3 is 20.4 Å². The molecule has 0 aliphatic heterocycles. The maximum absolute atomic E-state index is 13.4. The van der Waals surface area contributed by atoms with Gasteiger partial charge in [-0.1, -0.05) is 63.9 Å². The lowest BCUT2D eigenvalue weighted by Crippen LogP contribution is -2.30. The van der Waals surface area contributed by atoms with E-state index in [9.17, 15) is 14.4 Å². The number of carbonyl (C=O) groups is 3. The molecule has 5 rings (SSSR count). The van der Waals surface area contributed by atoms with E-state index in [-0.39, 0.29) is 17.4 Å². The van der Waals surface area contributed by atoms with Crippen LogP contribution in [0.4, 0.5) is 11.4 Å². The van der Waals surface area contributed by atoms with Gasteiger partial charge in [-0.15, -0.1) is 11.8 Å². The van der Waals surface area contributed by atoms with Gasteiger partial charge in [0.2, 0.25) is 5.91 Å². The van der Waals surface area contributed by atoms with Crippen molar-refractivity contribution in [3.8, 4) is 11.3 Å². The van der Waals surface area contributed by atoms with Gasteiger partial charge in [-0.25, -0.2) is 0 Å². The Morgan fingerprint density at radius 1 is 0.867 bits per heavy atom. The fraction of sp³-hybridized carbons (Fsp3) is 0.0571. The van der Waals surface area contributed by atoms with E-state index in [1.807, 2.05) is 37.3 Å². The largest absolute Gasteiger partial charge is 0.457 e. The van der Waals surface area contributed by atoms with E-state index in [1.54, 1.807) is 78.9 Å². The van der Waals surface area contributed by atoms with E-state index in [2.05, 4.69) is 31.9 Å². The minimum Gasteiger partial charge on any atom is -0.457 e. The summed E-state index contributed by atoms with van der Waals surface area (Å²) in [7, 11) is 0. The zero-order valence-corrected chi connectivity index (χ0v) is 27.1. The minimum absolute atomic E-state index is 0.00647. The second kappa shape index (κ2) is 14.9. The molecule has 45 heavy (non-hydrogen) atoms. The molecular weight excluding hydrogens is 674 g/mol. The highest BCUT2D eigenvalue weighted by molar-refractivity contribution is 9.10. The predicted octanol–water partition coefficient (Wildman–Crippen LogP) is 8.81. The topological polar surface area (TPSA) is 100 Å². The Hall–Kier alpha value is -4.57. The first kappa shape index (κ1) is 31.8. The van der Waals surface area contributed by atoms with Crippen LogP contribution in [-0.2, 0) is 9.59 Å². The summed E-state index contributed by atoms with van der Waals surface area (Å²) in [6.45, 7) is 1.90. The third-order valence-corrected chi connectivity index (χ3v) is 8.30. The number of halogens is 2. The Balaban J connectivity index is 1.26. The number of rotatable bonds is 10. The summed E-state index contributed by atoms with van der Waals surface area (Å²) in [4.78, 5) is 39.7. The van der Waals surface area contributed by atoms with Gasteiger partial charge in [-0.2, -0.15) is 0 Å². The van der Waals surface area contributed by atoms with Gasteiger partial charge in [-0.05, 0) is 85.3 Å². The first-order chi connectivity index (χ1) is 21.7. The van der Waals surface area contributed by atoms with E-state index in [0.29, 0.717) is 33.5 Å². The van der Waals surface area contributed by atoms with E-state index < -0.39 is 11.8 Å². The first-order valence-corrected chi connectivity index (χ1v) is 15.9. The summed E-state index contributed by atoms with van der Waals surface area (Å²) in [5.74, 6) is 0.0819. The highest BCUT2D eigenvalue weighted by atomic mass is 79.9. The highest BCUT2D eigenvalue weighted by Crippen LogP contribution is 2.26. The lowest BCUT2D eigenvalue weighted by atomic mass is 10.2. The van der Waals surface area contributed by atoms with Crippen LogP contribution in [0.1, 0.15) is 21.7 Å². The molecule has 7 nitrogen and oxygen atoms in total. The van der Waals surface area contributed by atoms with Crippen molar-refractivity contribution in [1.82, 2.24) is 5.32 Å². The summed E-state index contributed by atoms with van der Waals surface area (Å²) in [5.41, 5.74) is 3.39. The molecule has 0 aliphatic carbocycles. The van der Waals surface area contributed by atoms with Crippen molar-refractivity contribution in [2.75, 3.05) is 16.4 Å². The summed E-state index contributed by atoms with van der Waals surface area (Å²) in [5, 5.41) is 8.98. The molecule has 226 valence electrons. The van der Waals surface area contributed by atoms with Crippen molar-refractivity contribution in [3.05, 3.63) is 141 Å². The molecule has 10 heteroatoms. The van der Waals surface area contributed by atoms with E-state index in [1.165, 1.54) is 17.8 Å². The summed E-state index contributed by atoms with van der Waals surface area (Å²) >= 11 is 10.8. The molecule has 0 saturated heterocycles. The molecule has 0 spiro atoms. The van der Waals surface area contributed by atoms with Gasteiger partial charge >= 0.3 is 0 Å². The van der Waals surface area contributed by atoms with Crippen LogP contribution in [0.2, 0.25) is 5.02 Å². The monoisotopic (exact) mass is 699 g/mol. The van der Waals surface area contributed by atoms with Crippen LogP contribution >= 0.6 is 39.3 Å². The standard InChI is InChI=1S/C35H27BrClN3O4S/c1-22-7-12-26(37)19-30(22)39-33(41)21-45-29-16-13-27(14-17-29)38-35(43)31(40-34(42)24-5-3-2-4-6-24)20-28-15-18-32(44-28)23-8-10-25(36)11-9-23/h2-20H,21H2,1H3,(H,38,43)(H,39,41)(H,40,42)/b31-20-. The predicted molar refractivity (Wildman–Crippen MR) is 184 cm³/mol. The molecule has 0 aliphatic rings. The van der Waals surface area contributed by atoms with Gasteiger partial charge in [0.25, 0.3) is 11.8 Å². The van der Waals surface area contributed by atoms with Crippen molar-refractivity contribution >= 4 is 74.5 Å². The van der Waals surface area contributed by atoms with Crippen molar-refractivity contribution in [2.45, 2.75) is 11.8 Å². The fourth-order valence-electron chi connectivity index (χ4n) is 4.18. The van der Waals surface area contributed by atoms with Crippen LogP contribution in [0.3, 0.4) is 0 Å². The lowest BCUT2D eigenvalue weighted by Gasteiger charge is -2.11. The average molecular weight is 701 g/mol. The van der Waals surface area contributed by atoms with Crippen LogP contribution < -0.4 is 16.0 Å². The molecule has 1 heterocycles. The van der Waals surface area contributed by atoms with Gasteiger partial charge in [0.05, 0.1) is 5.75 Å².